The Kier molecular flexibility index (Phi) is 5.19. The molecule has 2 rings (SSSR count). The van der Waals surface area contributed by atoms with Gasteiger partial charge in [-0.25, -0.2) is 4.39 Å². The van der Waals surface area contributed by atoms with Gasteiger partial charge in [0.2, 0.25) is 0 Å². The van der Waals surface area contributed by atoms with E-state index < -0.39 is 12.9 Å². The Morgan fingerprint density at radius 2 is 1.90 bits per heavy atom. The predicted octanol–water partition coefficient (Wildman–Crippen LogP) is 1.52. The van der Waals surface area contributed by atoms with E-state index >= 15 is 0 Å². The third-order valence-electron chi connectivity index (χ3n) is 4.41. The number of benzene rings is 1. The lowest BCUT2D eigenvalue weighted by atomic mass is 9.76. The van der Waals surface area contributed by atoms with E-state index in [4.69, 9.17) is 0 Å². The maximum Gasteiger partial charge on any atom is 0.488 e. The average Bonchev–Trinajstić information content (AvgIpc) is 2.41. The summed E-state index contributed by atoms with van der Waals surface area (Å²) in [5.74, 6) is 0.367. The lowest BCUT2D eigenvalue weighted by molar-refractivity contribution is 0.164. The molecule has 1 aliphatic rings. The summed E-state index contributed by atoms with van der Waals surface area (Å²) in [7, 11) is 0.429. The molecule has 0 amide bonds. The van der Waals surface area contributed by atoms with Crippen LogP contribution >= 0.6 is 0 Å². The van der Waals surface area contributed by atoms with Gasteiger partial charge in [0.25, 0.3) is 0 Å². The van der Waals surface area contributed by atoms with Crippen molar-refractivity contribution >= 4 is 12.6 Å². The van der Waals surface area contributed by atoms with Crippen molar-refractivity contribution in [3.63, 3.8) is 0 Å². The minimum Gasteiger partial charge on any atom is -0.423 e. The fourth-order valence-electron chi connectivity index (χ4n) is 3.03. The third kappa shape index (κ3) is 3.81. The van der Waals surface area contributed by atoms with Gasteiger partial charge in [0.1, 0.15) is 5.82 Å². The molecule has 1 aliphatic carbocycles. The van der Waals surface area contributed by atoms with Gasteiger partial charge in [0.05, 0.1) is 0 Å². The first-order chi connectivity index (χ1) is 9.47. The normalized spacial score (nSPS) is 23.1. The van der Waals surface area contributed by atoms with E-state index in [0.29, 0.717) is 12.6 Å². The van der Waals surface area contributed by atoms with Gasteiger partial charge in [0, 0.05) is 12.6 Å². The molecule has 0 atom stereocenters. The van der Waals surface area contributed by atoms with Crippen LogP contribution in [0.3, 0.4) is 0 Å². The molecule has 1 saturated carbocycles. The van der Waals surface area contributed by atoms with Crippen LogP contribution in [0.2, 0.25) is 0 Å². The summed E-state index contributed by atoms with van der Waals surface area (Å²) in [6, 6.07) is 4.75. The second-order valence-corrected chi connectivity index (χ2v) is 6.05. The molecule has 20 heavy (non-hydrogen) atoms. The molecule has 1 aromatic carbocycles. The van der Waals surface area contributed by atoms with Gasteiger partial charge >= 0.3 is 7.12 Å². The van der Waals surface area contributed by atoms with E-state index in [1.54, 1.807) is 6.07 Å². The second-order valence-electron chi connectivity index (χ2n) is 6.05. The molecule has 3 nitrogen and oxygen atoms in total. The van der Waals surface area contributed by atoms with Gasteiger partial charge in [-0.1, -0.05) is 13.0 Å². The predicted molar refractivity (Wildman–Crippen MR) is 79.1 cm³/mol. The molecule has 1 fully saturated rings. The van der Waals surface area contributed by atoms with Crippen molar-refractivity contribution in [2.24, 2.45) is 5.92 Å². The molecule has 0 spiro atoms. The Hall–Kier alpha value is -0.905. The highest BCUT2D eigenvalue weighted by atomic mass is 19.1. The van der Waals surface area contributed by atoms with Crippen LogP contribution in [0.25, 0.3) is 0 Å². The van der Waals surface area contributed by atoms with Crippen molar-refractivity contribution in [3.05, 3.63) is 29.6 Å². The lowest BCUT2D eigenvalue weighted by Gasteiger charge is -2.34. The molecule has 0 unspecified atom stereocenters. The van der Waals surface area contributed by atoms with E-state index in [0.717, 1.165) is 11.5 Å². The highest BCUT2D eigenvalue weighted by Gasteiger charge is 2.24. The number of halogens is 1. The molecule has 2 N–H and O–H groups in total. The van der Waals surface area contributed by atoms with Crippen molar-refractivity contribution < 1.29 is 14.4 Å². The van der Waals surface area contributed by atoms with Crippen LogP contribution in [-0.4, -0.2) is 35.2 Å². The maximum atomic E-state index is 13.2. The van der Waals surface area contributed by atoms with Gasteiger partial charge in [-0.2, -0.15) is 0 Å². The Balaban J connectivity index is 2.05. The molecule has 5 heteroatoms. The van der Waals surface area contributed by atoms with Crippen LogP contribution in [0.15, 0.2) is 18.2 Å². The van der Waals surface area contributed by atoms with E-state index in [9.17, 15) is 14.4 Å². The van der Waals surface area contributed by atoms with Gasteiger partial charge in [-0.15, -0.1) is 0 Å². The molecule has 0 radical (unpaired) electrons. The topological polar surface area (TPSA) is 43.7 Å². The summed E-state index contributed by atoms with van der Waals surface area (Å²) in [5.41, 5.74) is 1.04. The summed E-state index contributed by atoms with van der Waals surface area (Å²) in [4.78, 5) is 2.24. The minimum atomic E-state index is -1.62. The molecular formula is C15H23BFNO2. The quantitative estimate of drug-likeness (QED) is 0.821. The largest absolute Gasteiger partial charge is 0.488 e. The molecule has 0 heterocycles. The fraction of sp³-hybridized carbons (Fsp3) is 0.600. The van der Waals surface area contributed by atoms with Crippen LogP contribution in [0, 0.1) is 11.7 Å². The highest BCUT2D eigenvalue weighted by molar-refractivity contribution is 6.59. The van der Waals surface area contributed by atoms with E-state index in [-0.39, 0.29) is 5.46 Å². The standard InChI is InChI=1S/C15H23BFNO2/c1-11-3-7-14(8-4-11)18(2)10-12-5-6-13(17)9-15(12)16(19)20/h5-6,9,11,14,19-20H,3-4,7-8,10H2,1-2H3. The van der Waals surface area contributed by atoms with E-state index in [1.165, 1.54) is 37.8 Å². The van der Waals surface area contributed by atoms with Crippen LogP contribution in [0.1, 0.15) is 38.2 Å². The summed E-state index contributed by atoms with van der Waals surface area (Å²) in [5, 5.41) is 18.7. The first kappa shape index (κ1) is 15.5. The molecule has 0 bridgehead atoms. The van der Waals surface area contributed by atoms with Crippen molar-refractivity contribution in [1.82, 2.24) is 4.90 Å². The molecule has 0 aromatic heterocycles. The van der Waals surface area contributed by atoms with Gasteiger partial charge in [-0.3, -0.25) is 4.90 Å². The van der Waals surface area contributed by atoms with Gasteiger partial charge < -0.3 is 10.0 Å². The number of rotatable bonds is 4. The smallest absolute Gasteiger partial charge is 0.423 e. The third-order valence-corrected chi connectivity index (χ3v) is 4.41. The first-order valence-electron chi connectivity index (χ1n) is 7.32. The second kappa shape index (κ2) is 6.70. The SMILES string of the molecule is CC1CCC(N(C)Cc2ccc(F)cc2B(O)O)CC1. The zero-order chi connectivity index (χ0) is 14.7. The van der Waals surface area contributed by atoms with Crippen molar-refractivity contribution in [2.45, 2.75) is 45.2 Å². The Labute approximate surface area is 120 Å². The van der Waals surface area contributed by atoms with Crippen LogP contribution in [0.4, 0.5) is 4.39 Å². The molecule has 110 valence electrons. The number of hydrogen-bond donors (Lipinski definition) is 2. The number of nitrogens with zero attached hydrogens (tertiary/aromatic N) is 1. The first-order valence-corrected chi connectivity index (χ1v) is 7.32. The van der Waals surface area contributed by atoms with E-state index in [1.807, 2.05) is 0 Å². The van der Waals surface area contributed by atoms with Crippen molar-refractivity contribution in [2.75, 3.05) is 7.05 Å². The maximum absolute atomic E-state index is 13.2. The zero-order valence-corrected chi connectivity index (χ0v) is 12.2. The lowest BCUT2D eigenvalue weighted by Crippen LogP contribution is -2.39. The highest BCUT2D eigenvalue weighted by Crippen LogP contribution is 2.27. The molecule has 0 saturated heterocycles. The van der Waals surface area contributed by atoms with Crippen molar-refractivity contribution in [1.29, 1.82) is 0 Å². The summed E-state index contributed by atoms with van der Waals surface area (Å²) in [6.07, 6.45) is 4.84. The number of hydrogen-bond acceptors (Lipinski definition) is 3. The molecule has 0 aliphatic heterocycles. The monoisotopic (exact) mass is 279 g/mol. The molecular weight excluding hydrogens is 256 g/mol. The Morgan fingerprint density at radius 3 is 2.50 bits per heavy atom. The average molecular weight is 279 g/mol. The summed E-state index contributed by atoms with van der Waals surface area (Å²) >= 11 is 0. The Bertz CT molecular complexity index is 447. The van der Waals surface area contributed by atoms with Crippen LogP contribution in [-0.2, 0) is 6.54 Å². The molecule has 1 aromatic rings. The van der Waals surface area contributed by atoms with Crippen LogP contribution in [0.5, 0.6) is 0 Å². The van der Waals surface area contributed by atoms with Crippen molar-refractivity contribution in [3.8, 4) is 0 Å². The fourth-order valence-corrected chi connectivity index (χ4v) is 3.03. The summed E-state index contributed by atoms with van der Waals surface area (Å²) < 4.78 is 13.2. The minimum absolute atomic E-state index is 0.265. The van der Waals surface area contributed by atoms with Crippen LogP contribution < -0.4 is 5.46 Å². The van der Waals surface area contributed by atoms with Gasteiger partial charge in [0.15, 0.2) is 0 Å². The van der Waals surface area contributed by atoms with E-state index in [2.05, 4.69) is 18.9 Å². The van der Waals surface area contributed by atoms with Gasteiger partial charge in [-0.05, 0) is 61.8 Å². The Morgan fingerprint density at radius 1 is 1.25 bits per heavy atom. The zero-order valence-electron chi connectivity index (χ0n) is 12.2. The summed E-state index contributed by atoms with van der Waals surface area (Å²) in [6.45, 7) is 2.91.